The largest absolute Gasteiger partial charge is 0.224 e. The van der Waals surface area contributed by atoms with E-state index in [9.17, 15) is 16.8 Å². The van der Waals surface area contributed by atoms with Crippen LogP contribution in [-0.2, 0) is 19.7 Å². The third-order valence-electron chi connectivity index (χ3n) is 2.37. The van der Waals surface area contributed by atoms with E-state index in [0.717, 1.165) is 5.41 Å². The van der Waals surface area contributed by atoms with Gasteiger partial charge in [0, 0.05) is 0 Å². The van der Waals surface area contributed by atoms with E-state index >= 15 is 0 Å². The third kappa shape index (κ3) is 4.47. The van der Waals surface area contributed by atoms with Crippen LogP contribution in [0.5, 0.6) is 0 Å². The molecule has 0 aromatic heterocycles. The van der Waals surface area contributed by atoms with E-state index in [1.54, 1.807) is 30.3 Å². The molecule has 0 spiro atoms. The molecule has 1 aromatic rings. The summed E-state index contributed by atoms with van der Waals surface area (Å²) in [6, 6.07) is 8.12. The molecule has 1 rings (SSSR count). The Bertz CT molecular complexity index is 712. The fraction of sp³-hybridized carbons (Fsp3) is 0.143. The maximum absolute atomic E-state index is 12.2. The highest BCUT2D eigenvalue weighted by Crippen LogP contribution is 2.23. The lowest BCUT2D eigenvalue weighted by Crippen LogP contribution is -2.10. The number of benzene rings is 1. The highest BCUT2D eigenvalue weighted by atomic mass is 32.2. The predicted molar refractivity (Wildman–Crippen MR) is 82.4 cm³/mol. The van der Waals surface area contributed by atoms with Crippen molar-refractivity contribution < 1.29 is 16.8 Å². The molecule has 0 aliphatic rings. The van der Waals surface area contributed by atoms with E-state index < -0.39 is 19.7 Å². The van der Waals surface area contributed by atoms with Crippen LogP contribution in [-0.4, -0.2) is 28.3 Å². The molecule has 108 valence electrons. The lowest BCUT2D eigenvalue weighted by Gasteiger charge is -2.08. The molecule has 0 atom stereocenters. The zero-order valence-electron chi connectivity index (χ0n) is 10.9. The Balaban J connectivity index is 3.49. The SMILES string of the molecule is C=CCS(=O)(=O)/C=C(\c1ccccc1)S(=O)(=O)CC=C. The van der Waals surface area contributed by atoms with Gasteiger partial charge >= 0.3 is 0 Å². The lowest BCUT2D eigenvalue weighted by molar-refractivity contribution is 0.604. The van der Waals surface area contributed by atoms with Crippen molar-refractivity contribution in [1.29, 1.82) is 0 Å². The Hall–Kier alpha value is -1.66. The second-order valence-corrected chi connectivity index (χ2v) is 7.93. The topological polar surface area (TPSA) is 68.3 Å². The molecule has 0 saturated carbocycles. The molecule has 6 heteroatoms. The standard InChI is InChI=1S/C14H16O4S2/c1-3-10-19(15,16)12-14(20(17,18)11-4-2)13-8-6-5-7-9-13/h3-9,12H,1-2,10-11H2/b14-12+. The summed E-state index contributed by atoms with van der Waals surface area (Å²) in [7, 11) is -7.42. The van der Waals surface area contributed by atoms with Gasteiger partial charge in [0.25, 0.3) is 0 Å². The number of rotatable bonds is 7. The first-order valence-corrected chi connectivity index (χ1v) is 9.13. The summed E-state index contributed by atoms with van der Waals surface area (Å²) in [4.78, 5) is -0.222. The van der Waals surface area contributed by atoms with Gasteiger partial charge in [-0.25, -0.2) is 16.8 Å². The van der Waals surface area contributed by atoms with Gasteiger partial charge < -0.3 is 0 Å². The summed E-state index contributed by atoms with van der Waals surface area (Å²) in [6.45, 7) is 6.73. The van der Waals surface area contributed by atoms with Gasteiger partial charge in [-0.05, 0) is 5.56 Å². The Kier molecular flexibility index (Phi) is 5.47. The minimum absolute atomic E-state index is 0.222. The lowest BCUT2D eigenvalue weighted by atomic mass is 10.2. The molecule has 0 amide bonds. The molecule has 4 nitrogen and oxygen atoms in total. The van der Waals surface area contributed by atoms with Crippen LogP contribution in [0.1, 0.15) is 5.56 Å². The second kappa shape index (κ2) is 6.67. The molecule has 0 heterocycles. The highest BCUT2D eigenvalue weighted by molar-refractivity contribution is 8.02. The van der Waals surface area contributed by atoms with Crippen molar-refractivity contribution in [2.24, 2.45) is 0 Å². The van der Waals surface area contributed by atoms with Crippen molar-refractivity contribution in [3.8, 4) is 0 Å². The van der Waals surface area contributed by atoms with Crippen LogP contribution in [0.25, 0.3) is 4.91 Å². The number of hydrogen-bond donors (Lipinski definition) is 0. The first-order valence-electron chi connectivity index (χ1n) is 5.77. The second-order valence-electron chi connectivity index (χ2n) is 4.04. The van der Waals surface area contributed by atoms with Crippen molar-refractivity contribution in [3.63, 3.8) is 0 Å². The van der Waals surface area contributed by atoms with Crippen LogP contribution in [0.3, 0.4) is 0 Å². The van der Waals surface area contributed by atoms with Crippen molar-refractivity contribution in [3.05, 3.63) is 66.6 Å². The zero-order valence-corrected chi connectivity index (χ0v) is 12.5. The molecule has 0 unspecified atom stereocenters. The molecule has 1 aromatic carbocycles. The molecule has 0 saturated heterocycles. The quantitative estimate of drug-likeness (QED) is 0.724. The van der Waals surface area contributed by atoms with Crippen LogP contribution < -0.4 is 0 Å². The first-order chi connectivity index (χ1) is 9.32. The summed E-state index contributed by atoms with van der Waals surface area (Å²) in [5.74, 6) is -0.635. The molecule has 20 heavy (non-hydrogen) atoms. The van der Waals surface area contributed by atoms with Crippen LogP contribution in [0.2, 0.25) is 0 Å². The van der Waals surface area contributed by atoms with Gasteiger partial charge in [0.1, 0.15) is 0 Å². The molecule has 0 aliphatic heterocycles. The van der Waals surface area contributed by atoms with Gasteiger partial charge in [-0.2, -0.15) is 0 Å². The van der Waals surface area contributed by atoms with Crippen molar-refractivity contribution >= 4 is 24.6 Å². The third-order valence-corrected chi connectivity index (χ3v) is 5.51. The van der Waals surface area contributed by atoms with Crippen LogP contribution in [0.15, 0.2) is 61.0 Å². The van der Waals surface area contributed by atoms with E-state index in [1.165, 1.54) is 12.2 Å². The maximum atomic E-state index is 12.2. The molecular weight excluding hydrogens is 296 g/mol. The van der Waals surface area contributed by atoms with Gasteiger partial charge in [-0.1, -0.05) is 42.5 Å². The van der Waals surface area contributed by atoms with E-state index in [0.29, 0.717) is 5.56 Å². The van der Waals surface area contributed by atoms with E-state index in [1.807, 2.05) is 0 Å². The van der Waals surface area contributed by atoms with Crippen molar-refractivity contribution in [2.75, 3.05) is 11.5 Å². The predicted octanol–water partition coefficient (Wildman–Crippen LogP) is 2.19. The molecule has 0 bridgehead atoms. The summed E-state index contributed by atoms with van der Waals surface area (Å²) in [6.07, 6.45) is 2.45. The van der Waals surface area contributed by atoms with E-state index in [-0.39, 0.29) is 16.4 Å². The van der Waals surface area contributed by atoms with Gasteiger partial charge in [-0.3, -0.25) is 0 Å². The summed E-state index contributed by atoms with van der Waals surface area (Å²) in [5.41, 5.74) is 0.335. The normalized spacial score (nSPS) is 12.9. The van der Waals surface area contributed by atoms with Crippen LogP contribution >= 0.6 is 0 Å². The average Bonchev–Trinajstić information content (AvgIpc) is 2.37. The monoisotopic (exact) mass is 312 g/mol. The number of hydrogen-bond acceptors (Lipinski definition) is 4. The Morgan fingerprint density at radius 2 is 1.50 bits per heavy atom. The minimum atomic E-state index is -3.75. The summed E-state index contributed by atoms with van der Waals surface area (Å²) < 4.78 is 48.0. The van der Waals surface area contributed by atoms with Crippen molar-refractivity contribution in [2.45, 2.75) is 0 Å². The van der Waals surface area contributed by atoms with Gasteiger partial charge in [0.15, 0.2) is 19.7 Å². The van der Waals surface area contributed by atoms with Crippen LogP contribution in [0, 0.1) is 0 Å². The fourth-order valence-electron chi connectivity index (χ4n) is 1.54. The van der Waals surface area contributed by atoms with Gasteiger partial charge in [0.2, 0.25) is 0 Å². The van der Waals surface area contributed by atoms with E-state index in [2.05, 4.69) is 13.2 Å². The fourth-order valence-corrected chi connectivity index (χ4v) is 4.44. The molecule has 0 fully saturated rings. The number of sulfone groups is 2. The Morgan fingerprint density at radius 3 is 2.00 bits per heavy atom. The Morgan fingerprint density at radius 1 is 0.950 bits per heavy atom. The molecule has 0 radical (unpaired) electrons. The Labute approximate surface area is 120 Å². The molecule has 0 aliphatic carbocycles. The average molecular weight is 312 g/mol. The van der Waals surface area contributed by atoms with E-state index in [4.69, 9.17) is 0 Å². The highest BCUT2D eigenvalue weighted by Gasteiger charge is 2.21. The smallest absolute Gasteiger partial charge is 0.183 e. The van der Waals surface area contributed by atoms with Crippen molar-refractivity contribution in [1.82, 2.24) is 0 Å². The minimum Gasteiger partial charge on any atom is -0.224 e. The molecule has 0 N–H and O–H groups in total. The van der Waals surface area contributed by atoms with Crippen LogP contribution in [0.4, 0.5) is 0 Å². The summed E-state index contributed by atoms with van der Waals surface area (Å²) in [5, 5.41) is 0.794. The maximum Gasteiger partial charge on any atom is 0.183 e. The summed E-state index contributed by atoms with van der Waals surface area (Å²) >= 11 is 0. The molecular formula is C14H16O4S2. The van der Waals surface area contributed by atoms with Gasteiger partial charge in [0.05, 0.1) is 21.8 Å². The first kappa shape index (κ1) is 16.4. The zero-order chi connectivity index (χ0) is 15.2. The van der Waals surface area contributed by atoms with Gasteiger partial charge in [-0.15, -0.1) is 13.2 Å².